The van der Waals surface area contributed by atoms with Gasteiger partial charge in [-0.25, -0.2) is 0 Å². The van der Waals surface area contributed by atoms with Gasteiger partial charge in [0.2, 0.25) is 0 Å². The third-order valence-corrected chi connectivity index (χ3v) is 3.65. The molecule has 1 aromatic rings. The van der Waals surface area contributed by atoms with E-state index in [-0.39, 0.29) is 6.42 Å². The molecule has 0 saturated carbocycles. The largest absolute Gasteiger partial charge is 0.301 e. The summed E-state index contributed by atoms with van der Waals surface area (Å²) in [6.45, 7) is 2.16. The zero-order valence-electron chi connectivity index (χ0n) is 9.09. The molecule has 1 rings (SSSR count). The Balaban J connectivity index is 2.12. The first kappa shape index (κ1) is 12.4. The van der Waals surface area contributed by atoms with Crippen molar-refractivity contribution < 1.29 is 9.18 Å². The van der Waals surface area contributed by atoms with Gasteiger partial charge < -0.3 is 0 Å². The van der Waals surface area contributed by atoms with Gasteiger partial charge in [-0.15, -0.1) is 11.3 Å². The first-order valence-corrected chi connectivity index (χ1v) is 6.30. The van der Waals surface area contributed by atoms with Gasteiger partial charge in [0.1, 0.15) is 0 Å². The van der Waals surface area contributed by atoms with Crippen LogP contribution in [0.4, 0.5) is 4.39 Å². The number of carbonyl (C=O) groups is 1. The summed E-state index contributed by atoms with van der Waals surface area (Å²) in [7, 11) is 0. The summed E-state index contributed by atoms with van der Waals surface area (Å²) >= 11 is 1.86. The number of carbonyl (C=O) groups excluding carboxylic acids is 1. The van der Waals surface area contributed by atoms with Gasteiger partial charge in [0.05, 0.1) is 0 Å². The molecule has 0 aromatic carbocycles. The lowest BCUT2D eigenvalue weighted by molar-refractivity contribution is -0.129. The smallest absolute Gasteiger partial charge is 0.261 e. The van der Waals surface area contributed by atoms with Crippen molar-refractivity contribution in [3.63, 3.8) is 0 Å². The Bertz CT molecular complexity index is 306. The van der Waals surface area contributed by atoms with Crippen LogP contribution in [0.15, 0.2) is 12.1 Å². The zero-order valence-corrected chi connectivity index (χ0v) is 9.91. The second-order valence-corrected chi connectivity index (χ2v) is 4.89. The van der Waals surface area contributed by atoms with Crippen LogP contribution in [0.2, 0.25) is 0 Å². The highest BCUT2D eigenvalue weighted by Crippen LogP contribution is 2.19. The van der Waals surface area contributed by atoms with E-state index in [1.807, 2.05) is 11.3 Å². The van der Waals surface area contributed by atoms with Crippen LogP contribution in [0.5, 0.6) is 0 Å². The van der Waals surface area contributed by atoms with Crippen molar-refractivity contribution in [3.8, 4) is 0 Å². The number of rotatable bonds is 7. The molecule has 1 heterocycles. The third kappa shape index (κ3) is 5.07. The van der Waals surface area contributed by atoms with Gasteiger partial charge in [-0.2, -0.15) is 4.39 Å². The Morgan fingerprint density at radius 1 is 1.27 bits per heavy atom. The number of hydrogen-bond donors (Lipinski definition) is 0. The quantitative estimate of drug-likeness (QED) is 0.511. The van der Waals surface area contributed by atoms with Gasteiger partial charge in [-0.05, 0) is 37.8 Å². The van der Waals surface area contributed by atoms with Crippen molar-refractivity contribution in [1.29, 1.82) is 0 Å². The Morgan fingerprint density at radius 3 is 2.60 bits per heavy atom. The molecule has 0 atom stereocenters. The molecular formula is C12H17FOS. The summed E-state index contributed by atoms with van der Waals surface area (Å²) in [6, 6.07) is 3.16. The number of hydrogen-bond acceptors (Lipinski definition) is 2. The molecule has 0 saturated heterocycles. The lowest BCUT2D eigenvalue weighted by Gasteiger charge is -1.96. The Labute approximate surface area is 94.3 Å². The summed E-state index contributed by atoms with van der Waals surface area (Å²) < 4.78 is 11.9. The van der Waals surface area contributed by atoms with Crippen LogP contribution in [0.25, 0.3) is 0 Å². The van der Waals surface area contributed by atoms with Crippen LogP contribution in [0.1, 0.15) is 42.4 Å². The normalized spacial score (nSPS) is 10.5. The molecule has 0 N–H and O–H groups in total. The van der Waals surface area contributed by atoms with Crippen LogP contribution in [-0.2, 0) is 17.6 Å². The fourth-order valence-electron chi connectivity index (χ4n) is 1.49. The van der Waals surface area contributed by atoms with Crippen LogP contribution in [-0.4, -0.2) is 6.04 Å². The van der Waals surface area contributed by atoms with E-state index in [1.54, 1.807) is 0 Å². The minimum atomic E-state index is -1.18. The highest BCUT2D eigenvalue weighted by molar-refractivity contribution is 7.11. The number of unbranched alkanes of at least 4 members (excludes halogenated alkanes) is 2. The average Bonchev–Trinajstić information content (AvgIpc) is 2.65. The van der Waals surface area contributed by atoms with Crippen molar-refractivity contribution in [3.05, 3.63) is 21.9 Å². The van der Waals surface area contributed by atoms with Crippen molar-refractivity contribution in [2.45, 2.75) is 45.4 Å². The van der Waals surface area contributed by atoms with Gasteiger partial charge >= 0.3 is 6.04 Å². The summed E-state index contributed by atoms with van der Waals surface area (Å²) in [5.74, 6) is 0. The van der Waals surface area contributed by atoms with Gasteiger partial charge in [-0.3, -0.25) is 4.79 Å². The average molecular weight is 228 g/mol. The molecule has 0 aliphatic rings. The van der Waals surface area contributed by atoms with Crippen molar-refractivity contribution in [1.82, 2.24) is 0 Å². The van der Waals surface area contributed by atoms with Gasteiger partial charge in [0, 0.05) is 16.2 Å². The molecule has 0 bridgehead atoms. The molecule has 0 unspecified atom stereocenters. The zero-order chi connectivity index (χ0) is 11.1. The molecular weight excluding hydrogens is 211 g/mol. The molecule has 3 heteroatoms. The predicted molar refractivity (Wildman–Crippen MR) is 62.0 cm³/mol. The maximum absolute atomic E-state index is 11.9. The van der Waals surface area contributed by atoms with E-state index in [2.05, 4.69) is 19.1 Å². The number of thiophene rings is 1. The lowest BCUT2D eigenvalue weighted by Crippen LogP contribution is -1.88. The van der Waals surface area contributed by atoms with Crippen LogP contribution < -0.4 is 0 Å². The highest BCUT2D eigenvalue weighted by atomic mass is 32.1. The van der Waals surface area contributed by atoms with Gasteiger partial charge in [0.15, 0.2) is 0 Å². The summed E-state index contributed by atoms with van der Waals surface area (Å²) in [5, 5.41) is 0. The monoisotopic (exact) mass is 228 g/mol. The molecule has 0 spiro atoms. The molecule has 1 aromatic heterocycles. The molecule has 84 valence electrons. The molecule has 1 nitrogen and oxygen atoms in total. The lowest BCUT2D eigenvalue weighted by atomic mass is 10.1. The number of halogens is 1. The molecule has 0 aliphatic carbocycles. The maximum Gasteiger partial charge on any atom is 0.301 e. The van der Waals surface area contributed by atoms with Crippen LogP contribution >= 0.6 is 11.3 Å². The van der Waals surface area contributed by atoms with Crippen LogP contribution in [0, 0.1) is 0 Å². The first-order chi connectivity index (χ1) is 7.22. The minimum Gasteiger partial charge on any atom is -0.261 e. The summed E-state index contributed by atoms with van der Waals surface area (Å²) in [6.07, 6.45) is 4.92. The van der Waals surface area contributed by atoms with E-state index in [9.17, 15) is 9.18 Å². The standard InChI is InChI=1S/C12H17FOS/c1-2-10-8-9-11(15-10)6-4-3-5-7-12(13)14/h8-9H,2-7H2,1H3. The summed E-state index contributed by atoms with van der Waals surface area (Å²) in [5.41, 5.74) is 0. The fraction of sp³-hybridized carbons (Fsp3) is 0.583. The van der Waals surface area contributed by atoms with Gasteiger partial charge in [-0.1, -0.05) is 13.3 Å². The fourth-order valence-corrected chi connectivity index (χ4v) is 2.49. The van der Waals surface area contributed by atoms with Crippen molar-refractivity contribution in [2.75, 3.05) is 0 Å². The third-order valence-electron chi connectivity index (χ3n) is 2.36. The Kier molecular flexibility index (Phi) is 5.54. The minimum absolute atomic E-state index is 0.0879. The molecule has 15 heavy (non-hydrogen) atoms. The number of aryl methyl sites for hydroxylation is 2. The van der Waals surface area contributed by atoms with E-state index >= 15 is 0 Å². The SMILES string of the molecule is CCc1ccc(CCCCCC(=O)F)s1. The van der Waals surface area contributed by atoms with Crippen molar-refractivity contribution in [2.24, 2.45) is 0 Å². The molecule has 0 radical (unpaired) electrons. The maximum atomic E-state index is 11.9. The summed E-state index contributed by atoms with van der Waals surface area (Å²) in [4.78, 5) is 12.9. The second kappa shape index (κ2) is 6.72. The van der Waals surface area contributed by atoms with E-state index in [1.165, 1.54) is 9.75 Å². The van der Waals surface area contributed by atoms with Gasteiger partial charge in [0.25, 0.3) is 0 Å². The van der Waals surface area contributed by atoms with E-state index in [4.69, 9.17) is 0 Å². The molecule has 0 fully saturated rings. The van der Waals surface area contributed by atoms with Crippen molar-refractivity contribution >= 4 is 17.4 Å². The van der Waals surface area contributed by atoms with E-state index < -0.39 is 6.04 Å². The molecule has 0 amide bonds. The highest BCUT2D eigenvalue weighted by Gasteiger charge is 2.00. The Hall–Kier alpha value is -0.700. The molecule has 0 aliphatic heterocycles. The topological polar surface area (TPSA) is 17.1 Å². The first-order valence-electron chi connectivity index (χ1n) is 5.48. The Morgan fingerprint density at radius 2 is 2.00 bits per heavy atom. The van der Waals surface area contributed by atoms with E-state index in [0.717, 1.165) is 25.7 Å². The van der Waals surface area contributed by atoms with Crippen LogP contribution in [0.3, 0.4) is 0 Å². The second-order valence-electron chi connectivity index (χ2n) is 3.64. The van der Waals surface area contributed by atoms with E-state index in [0.29, 0.717) is 6.42 Å². The predicted octanol–water partition coefficient (Wildman–Crippen LogP) is 3.91.